The predicted molar refractivity (Wildman–Crippen MR) is 43.3 cm³/mol. The van der Waals surface area contributed by atoms with Crippen molar-refractivity contribution in [3.05, 3.63) is 24.0 Å². The van der Waals surface area contributed by atoms with E-state index in [0.717, 1.165) is 18.2 Å². The summed E-state index contributed by atoms with van der Waals surface area (Å²) in [7, 11) is -4.62. The van der Waals surface area contributed by atoms with Gasteiger partial charge in [0.15, 0.2) is 10.1 Å². The van der Waals surface area contributed by atoms with E-state index in [4.69, 9.17) is 5.11 Å². The van der Waals surface area contributed by atoms with Gasteiger partial charge in [-0.3, -0.25) is 0 Å². The van der Waals surface area contributed by atoms with Crippen molar-refractivity contribution in [3.63, 3.8) is 0 Å². The summed E-state index contributed by atoms with van der Waals surface area (Å²) in [6, 6.07) is 2.15. The van der Waals surface area contributed by atoms with Crippen molar-refractivity contribution in [1.82, 2.24) is 0 Å². The van der Waals surface area contributed by atoms with Crippen LogP contribution in [0.2, 0.25) is 0 Å². The quantitative estimate of drug-likeness (QED) is 0.349. The summed E-state index contributed by atoms with van der Waals surface area (Å²) < 4.78 is 35.7. The van der Waals surface area contributed by atoms with Crippen molar-refractivity contribution in [2.75, 3.05) is 0 Å². The largest absolute Gasteiger partial charge is 1.00 e. The van der Waals surface area contributed by atoms with Crippen LogP contribution in [0.3, 0.4) is 0 Å². The van der Waals surface area contributed by atoms with Gasteiger partial charge < -0.3 is 14.1 Å². The molecule has 0 fully saturated rings. The van der Waals surface area contributed by atoms with Crippen molar-refractivity contribution in [1.29, 1.82) is 0 Å². The molecule has 1 heterocycles. The van der Waals surface area contributed by atoms with E-state index < -0.39 is 21.2 Å². The molecule has 0 radical (unpaired) electrons. The van der Waals surface area contributed by atoms with Gasteiger partial charge in [-0.25, -0.2) is 13.2 Å². The number of carboxylic acids is 1. The fourth-order valence-electron chi connectivity index (χ4n) is 0.712. The van der Waals surface area contributed by atoms with E-state index in [2.05, 4.69) is 4.42 Å². The Balaban J connectivity index is 0.00000196. The number of carbonyl (C=O) groups is 1. The van der Waals surface area contributed by atoms with Crippen LogP contribution in [0, 0.1) is 0 Å². The van der Waals surface area contributed by atoms with Gasteiger partial charge in [-0.1, -0.05) is 0 Å². The molecule has 0 aliphatic carbocycles. The molecule has 1 N–H and O–H groups in total. The third-order valence-electron chi connectivity index (χ3n) is 1.24. The van der Waals surface area contributed by atoms with Crippen LogP contribution in [-0.4, -0.2) is 24.0 Å². The second-order valence-corrected chi connectivity index (χ2v) is 3.59. The standard InChI is InChI=1S/C7H6O6S.Na/c8-6(9)3-1-5-2-4-7(13-5)14(10,11)12;/h1-4H,(H,8,9)(H,10,11,12);/q;+1/p-1/b3-1+;. The van der Waals surface area contributed by atoms with Crippen molar-refractivity contribution in [2.45, 2.75) is 5.09 Å². The number of carboxylic acid groups (broad SMARTS) is 1. The molecule has 0 aliphatic heterocycles. The third kappa shape index (κ3) is 4.63. The van der Waals surface area contributed by atoms with Crippen molar-refractivity contribution in [2.24, 2.45) is 0 Å². The van der Waals surface area contributed by atoms with Crippen LogP contribution in [0.25, 0.3) is 6.08 Å². The van der Waals surface area contributed by atoms with Crippen molar-refractivity contribution < 1.29 is 56.8 Å². The number of hydrogen-bond acceptors (Lipinski definition) is 5. The van der Waals surface area contributed by atoms with Gasteiger partial charge in [-0.2, -0.15) is 0 Å². The Bertz CT molecular complexity index is 471. The molecule has 0 saturated carbocycles. The molecule has 0 atom stereocenters. The molecule has 0 saturated heterocycles. The Hall–Kier alpha value is -0.600. The van der Waals surface area contributed by atoms with E-state index in [1.54, 1.807) is 0 Å². The molecule has 6 nitrogen and oxygen atoms in total. The zero-order valence-corrected chi connectivity index (χ0v) is 10.5. The number of furan rings is 1. The fourth-order valence-corrected chi connectivity index (χ4v) is 1.14. The van der Waals surface area contributed by atoms with E-state index in [0.29, 0.717) is 0 Å². The van der Waals surface area contributed by atoms with Crippen molar-refractivity contribution in [3.8, 4) is 0 Å². The van der Waals surface area contributed by atoms with Gasteiger partial charge in [0.1, 0.15) is 5.76 Å². The Labute approximate surface area is 108 Å². The first-order chi connectivity index (χ1) is 6.39. The summed E-state index contributed by atoms with van der Waals surface area (Å²) in [5.74, 6) is -1.21. The molecule has 0 amide bonds. The Morgan fingerprint density at radius 1 is 1.47 bits per heavy atom. The number of aliphatic carboxylic acids is 1. The molecule has 0 spiro atoms. The summed E-state index contributed by atoms with van der Waals surface area (Å²) in [6.45, 7) is 0. The van der Waals surface area contributed by atoms with Gasteiger partial charge in [0, 0.05) is 6.08 Å². The van der Waals surface area contributed by atoms with Gasteiger partial charge in [-0.05, 0) is 18.2 Å². The topological polar surface area (TPSA) is 108 Å². The molecule has 8 heteroatoms. The minimum Gasteiger partial charge on any atom is -0.742 e. The number of hydrogen-bond donors (Lipinski definition) is 1. The van der Waals surface area contributed by atoms with Gasteiger partial charge in [0.2, 0.25) is 5.09 Å². The summed E-state index contributed by atoms with van der Waals surface area (Å²) in [6.07, 6.45) is 1.80. The van der Waals surface area contributed by atoms with Crippen LogP contribution in [0.1, 0.15) is 5.76 Å². The molecule has 1 rings (SSSR count). The van der Waals surface area contributed by atoms with E-state index in [9.17, 15) is 17.8 Å². The first-order valence-electron chi connectivity index (χ1n) is 3.36. The summed E-state index contributed by atoms with van der Waals surface area (Å²) >= 11 is 0. The molecular weight excluding hydrogens is 235 g/mol. The van der Waals surface area contributed by atoms with Crippen LogP contribution in [0.5, 0.6) is 0 Å². The van der Waals surface area contributed by atoms with E-state index in [1.165, 1.54) is 6.07 Å². The SMILES string of the molecule is O=C(O)/C=C/c1ccc(S(=O)(=O)[O-])o1.[Na+]. The zero-order chi connectivity index (χ0) is 10.8. The van der Waals surface area contributed by atoms with Crippen LogP contribution >= 0.6 is 0 Å². The maximum atomic E-state index is 10.4. The van der Waals surface area contributed by atoms with Crippen LogP contribution in [-0.2, 0) is 14.9 Å². The van der Waals surface area contributed by atoms with E-state index in [-0.39, 0.29) is 35.3 Å². The first kappa shape index (κ1) is 14.4. The summed E-state index contributed by atoms with van der Waals surface area (Å²) in [4.78, 5) is 10.1. The van der Waals surface area contributed by atoms with Gasteiger partial charge >= 0.3 is 35.5 Å². The Morgan fingerprint density at radius 3 is 2.47 bits per heavy atom. The van der Waals surface area contributed by atoms with E-state index >= 15 is 0 Å². The fraction of sp³-hybridized carbons (Fsp3) is 0. The molecule has 1 aromatic heterocycles. The molecule has 0 bridgehead atoms. The van der Waals surface area contributed by atoms with Gasteiger partial charge in [0.25, 0.3) is 0 Å². The first-order valence-corrected chi connectivity index (χ1v) is 4.77. The molecule has 0 aliphatic rings. The smallest absolute Gasteiger partial charge is 0.742 e. The number of rotatable bonds is 3. The molecule has 76 valence electrons. The van der Waals surface area contributed by atoms with E-state index in [1.807, 2.05) is 0 Å². The second-order valence-electron chi connectivity index (χ2n) is 2.28. The Kier molecular flexibility index (Phi) is 5.26. The van der Waals surface area contributed by atoms with Crippen LogP contribution in [0.4, 0.5) is 0 Å². The Morgan fingerprint density at radius 2 is 2.07 bits per heavy atom. The predicted octanol–water partition coefficient (Wildman–Crippen LogP) is -2.71. The maximum Gasteiger partial charge on any atom is 1.00 e. The van der Waals surface area contributed by atoms with Crippen LogP contribution < -0.4 is 29.6 Å². The minimum absolute atomic E-state index is 0. The average molecular weight is 240 g/mol. The molecule has 0 aromatic carbocycles. The molecular formula is C7H5NaO6S. The molecule has 0 unspecified atom stereocenters. The average Bonchev–Trinajstić information content (AvgIpc) is 2.47. The maximum absolute atomic E-state index is 10.4. The molecule has 1 aromatic rings. The minimum atomic E-state index is -4.62. The van der Waals surface area contributed by atoms with Crippen molar-refractivity contribution >= 4 is 22.2 Å². The third-order valence-corrected chi connectivity index (χ3v) is 1.95. The summed E-state index contributed by atoms with van der Waals surface area (Å²) in [5, 5.41) is 7.50. The zero-order valence-electron chi connectivity index (χ0n) is 7.71. The van der Waals surface area contributed by atoms with Crippen LogP contribution in [0.15, 0.2) is 27.7 Å². The summed E-state index contributed by atoms with van der Waals surface area (Å²) in [5.41, 5.74) is 0. The molecule has 15 heavy (non-hydrogen) atoms. The van der Waals surface area contributed by atoms with Gasteiger partial charge in [-0.15, -0.1) is 0 Å². The normalized spacial score (nSPS) is 11.3. The van der Waals surface area contributed by atoms with Gasteiger partial charge in [0.05, 0.1) is 0 Å². The second kappa shape index (κ2) is 5.47. The monoisotopic (exact) mass is 240 g/mol.